The Morgan fingerprint density at radius 3 is 2.53 bits per heavy atom. The maximum atomic E-state index is 13.6. The largest absolute Gasteiger partial charge is 0.366 e. The maximum absolute atomic E-state index is 13.6. The van der Waals surface area contributed by atoms with Crippen molar-refractivity contribution < 1.29 is 13.2 Å². The zero-order valence-electron chi connectivity index (χ0n) is 17.2. The van der Waals surface area contributed by atoms with Gasteiger partial charge in [0.1, 0.15) is 11.2 Å². The predicted molar refractivity (Wildman–Crippen MR) is 122 cm³/mol. The van der Waals surface area contributed by atoms with Gasteiger partial charge in [0.15, 0.2) is 0 Å². The van der Waals surface area contributed by atoms with Crippen LogP contribution in [0.5, 0.6) is 0 Å². The van der Waals surface area contributed by atoms with Crippen molar-refractivity contribution in [2.45, 2.75) is 4.90 Å². The van der Waals surface area contributed by atoms with Crippen molar-refractivity contribution in [3.63, 3.8) is 0 Å². The lowest BCUT2D eigenvalue weighted by molar-refractivity contribution is 0.103. The summed E-state index contributed by atoms with van der Waals surface area (Å²) in [5, 5.41) is 3.30. The van der Waals surface area contributed by atoms with Crippen LogP contribution in [0.15, 0.2) is 78.1 Å². The van der Waals surface area contributed by atoms with Crippen molar-refractivity contribution in [1.29, 1.82) is 0 Å². The summed E-state index contributed by atoms with van der Waals surface area (Å²) in [6.07, 6.45) is 4.83. The standard InChI is InChI=1S/C23H21N5O3S/c29-23(19-7-1-2-9-25-19)17-5-3-6-18(15-17)32(30,31)28-16-21(27-13-11-24-12-14-27)22-20(28)8-4-10-26-22/h1-10,15-16,24H,11-14H2. The molecule has 0 unspecified atom stereocenters. The SMILES string of the molecule is O=C(c1cccc(S(=O)(=O)n2cc(N3CCNCC3)c3ncccc32)c1)c1ccccn1. The molecule has 0 aliphatic carbocycles. The van der Waals surface area contributed by atoms with Gasteiger partial charge in [-0.05, 0) is 36.4 Å². The van der Waals surface area contributed by atoms with Crippen molar-refractivity contribution >= 4 is 32.5 Å². The first kappa shape index (κ1) is 20.3. The highest BCUT2D eigenvalue weighted by Crippen LogP contribution is 2.31. The maximum Gasteiger partial charge on any atom is 0.268 e. The molecule has 1 aliphatic heterocycles. The number of pyridine rings is 2. The van der Waals surface area contributed by atoms with E-state index < -0.39 is 10.0 Å². The van der Waals surface area contributed by atoms with Crippen LogP contribution in [-0.4, -0.2) is 54.3 Å². The minimum atomic E-state index is -3.96. The van der Waals surface area contributed by atoms with Gasteiger partial charge in [-0.25, -0.2) is 12.4 Å². The lowest BCUT2D eigenvalue weighted by atomic mass is 10.1. The molecule has 1 aliphatic rings. The molecule has 0 atom stereocenters. The number of nitrogens with one attached hydrogen (secondary N) is 1. The normalized spacial score (nSPS) is 14.6. The minimum absolute atomic E-state index is 0.0342. The van der Waals surface area contributed by atoms with Gasteiger partial charge in [-0.2, -0.15) is 0 Å². The number of carbonyl (C=O) groups excluding carboxylic acids is 1. The molecule has 0 bridgehead atoms. The number of nitrogens with zero attached hydrogens (tertiary/aromatic N) is 4. The van der Waals surface area contributed by atoms with E-state index in [9.17, 15) is 13.2 Å². The molecule has 1 saturated heterocycles. The molecule has 0 spiro atoms. The van der Waals surface area contributed by atoms with Crippen LogP contribution in [0.3, 0.4) is 0 Å². The third-order valence-corrected chi connectivity index (χ3v) is 7.18. The lowest BCUT2D eigenvalue weighted by Crippen LogP contribution is -2.43. The highest BCUT2D eigenvalue weighted by atomic mass is 32.2. The van der Waals surface area contributed by atoms with Crippen molar-refractivity contribution in [3.05, 3.63) is 84.4 Å². The van der Waals surface area contributed by atoms with Crippen LogP contribution in [0.1, 0.15) is 16.1 Å². The smallest absolute Gasteiger partial charge is 0.268 e. The Morgan fingerprint density at radius 2 is 1.75 bits per heavy atom. The summed E-state index contributed by atoms with van der Waals surface area (Å²) in [5.74, 6) is -0.330. The van der Waals surface area contributed by atoms with Gasteiger partial charge in [-0.1, -0.05) is 18.2 Å². The minimum Gasteiger partial charge on any atom is -0.366 e. The van der Waals surface area contributed by atoms with E-state index in [-0.39, 0.29) is 21.9 Å². The van der Waals surface area contributed by atoms with E-state index in [0.717, 1.165) is 31.9 Å². The fraction of sp³-hybridized carbons (Fsp3) is 0.174. The van der Waals surface area contributed by atoms with Gasteiger partial charge in [-0.3, -0.25) is 14.8 Å². The number of aromatic nitrogens is 3. The molecule has 3 aromatic heterocycles. The van der Waals surface area contributed by atoms with E-state index in [1.165, 1.54) is 22.3 Å². The van der Waals surface area contributed by atoms with E-state index in [4.69, 9.17) is 0 Å². The van der Waals surface area contributed by atoms with Crippen LogP contribution in [0.4, 0.5) is 5.69 Å². The highest BCUT2D eigenvalue weighted by Gasteiger charge is 2.25. The number of carbonyl (C=O) groups is 1. The van der Waals surface area contributed by atoms with Gasteiger partial charge in [0.25, 0.3) is 10.0 Å². The van der Waals surface area contributed by atoms with E-state index in [2.05, 4.69) is 20.2 Å². The monoisotopic (exact) mass is 447 g/mol. The van der Waals surface area contributed by atoms with Gasteiger partial charge in [-0.15, -0.1) is 0 Å². The second kappa shape index (κ2) is 8.18. The van der Waals surface area contributed by atoms with Gasteiger partial charge in [0, 0.05) is 50.3 Å². The van der Waals surface area contributed by atoms with Gasteiger partial charge in [0.2, 0.25) is 5.78 Å². The lowest BCUT2D eigenvalue weighted by Gasteiger charge is -2.28. The molecule has 162 valence electrons. The number of anilines is 1. The average Bonchev–Trinajstić information content (AvgIpc) is 3.25. The Kier molecular flexibility index (Phi) is 5.20. The first-order valence-electron chi connectivity index (χ1n) is 10.3. The molecule has 0 radical (unpaired) electrons. The molecule has 1 N–H and O–H groups in total. The fourth-order valence-corrected chi connectivity index (χ4v) is 5.30. The van der Waals surface area contributed by atoms with Crippen molar-refractivity contribution in [2.24, 2.45) is 0 Å². The summed E-state index contributed by atoms with van der Waals surface area (Å²) in [7, 11) is -3.96. The predicted octanol–water partition coefficient (Wildman–Crippen LogP) is 2.31. The van der Waals surface area contributed by atoms with Crippen LogP contribution in [0.2, 0.25) is 0 Å². The van der Waals surface area contributed by atoms with Crippen LogP contribution in [0, 0.1) is 0 Å². The molecule has 0 amide bonds. The van der Waals surface area contributed by atoms with Crippen molar-refractivity contribution in [1.82, 2.24) is 19.3 Å². The number of hydrogen-bond acceptors (Lipinski definition) is 7. The molecule has 8 nitrogen and oxygen atoms in total. The molecular weight excluding hydrogens is 426 g/mol. The van der Waals surface area contributed by atoms with Crippen LogP contribution < -0.4 is 10.2 Å². The van der Waals surface area contributed by atoms with Crippen LogP contribution in [0.25, 0.3) is 11.0 Å². The number of benzene rings is 1. The van der Waals surface area contributed by atoms with Gasteiger partial charge in [0.05, 0.1) is 16.1 Å². The van der Waals surface area contributed by atoms with E-state index >= 15 is 0 Å². The summed E-state index contributed by atoms with van der Waals surface area (Å²) in [5.41, 5.74) is 2.45. The van der Waals surface area contributed by atoms with Gasteiger partial charge >= 0.3 is 0 Å². The number of hydrogen-bond donors (Lipinski definition) is 1. The molecule has 4 aromatic rings. The molecule has 1 aromatic carbocycles. The Bertz CT molecular complexity index is 1390. The zero-order chi connectivity index (χ0) is 22.1. The summed E-state index contributed by atoms with van der Waals surface area (Å²) < 4.78 is 28.5. The Hall–Kier alpha value is -3.56. The molecular formula is C23H21N5O3S. The number of piperazine rings is 1. The second-order valence-corrected chi connectivity index (χ2v) is 9.31. The Morgan fingerprint density at radius 1 is 0.938 bits per heavy atom. The average molecular weight is 448 g/mol. The quantitative estimate of drug-likeness (QED) is 0.469. The van der Waals surface area contributed by atoms with E-state index in [1.807, 2.05) is 0 Å². The zero-order valence-corrected chi connectivity index (χ0v) is 18.0. The third-order valence-electron chi connectivity index (χ3n) is 5.51. The molecule has 4 heterocycles. The molecule has 0 saturated carbocycles. The molecule has 5 rings (SSSR count). The van der Waals surface area contributed by atoms with Gasteiger partial charge < -0.3 is 10.2 Å². The van der Waals surface area contributed by atoms with Crippen LogP contribution >= 0.6 is 0 Å². The third kappa shape index (κ3) is 3.55. The summed E-state index contributed by atoms with van der Waals surface area (Å²) in [6.45, 7) is 3.18. The first-order chi connectivity index (χ1) is 15.6. The number of fused-ring (bicyclic) bond motifs is 1. The number of rotatable bonds is 5. The van der Waals surface area contributed by atoms with E-state index in [0.29, 0.717) is 11.0 Å². The highest BCUT2D eigenvalue weighted by molar-refractivity contribution is 7.90. The molecule has 32 heavy (non-hydrogen) atoms. The topological polar surface area (TPSA) is 97.2 Å². The first-order valence-corrected chi connectivity index (χ1v) is 11.7. The fourth-order valence-electron chi connectivity index (χ4n) is 3.91. The van der Waals surface area contributed by atoms with E-state index in [1.54, 1.807) is 54.9 Å². The van der Waals surface area contributed by atoms with Crippen LogP contribution in [-0.2, 0) is 10.0 Å². The summed E-state index contributed by atoms with van der Waals surface area (Å²) >= 11 is 0. The Balaban J connectivity index is 1.59. The Labute approximate surface area is 185 Å². The molecule has 9 heteroatoms. The second-order valence-electron chi connectivity index (χ2n) is 7.50. The van der Waals surface area contributed by atoms with Crippen molar-refractivity contribution in [2.75, 3.05) is 31.1 Å². The number of ketones is 1. The molecule has 1 fully saturated rings. The summed E-state index contributed by atoms with van der Waals surface area (Å²) in [6, 6.07) is 14.6. The van der Waals surface area contributed by atoms with Crippen molar-refractivity contribution in [3.8, 4) is 0 Å². The summed E-state index contributed by atoms with van der Waals surface area (Å²) in [4.78, 5) is 23.5.